The number of fused-ring (bicyclic) bond motifs is 1. The zero-order chi connectivity index (χ0) is 16.4. The smallest absolute Gasteiger partial charge is 0.239 e. The van der Waals surface area contributed by atoms with Gasteiger partial charge in [0, 0.05) is 27.3 Å². The summed E-state index contributed by atoms with van der Waals surface area (Å²) < 4.78 is 25.8. The molecule has 2 aromatic carbocycles. The predicted octanol–water partition coefficient (Wildman–Crippen LogP) is 3.34. The summed E-state index contributed by atoms with van der Waals surface area (Å²) in [5, 5.41) is 3.17. The van der Waals surface area contributed by atoms with Crippen LogP contribution in [0.15, 0.2) is 64.1 Å². The first-order valence-corrected chi connectivity index (χ1v) is 9.24. The molecular weight excluding hydrogens is 380 g/mol. The van der Waals surface area contributed by atoms with Gasteiger partial charge in [-0.05, 0) is 30.3 Å². The Balaban J connectivity index is 1.80. The molecule has 0 atom stereocenters. The van der Waals surface area contributed by atoms with Crippen LogP contribution < -0.4 is 5.32 Å². The number of amides is 1. The second-order valence-corrected chi connectivity index (χ2v) is 7.89. The summed E-state index contributed by atoms with van der Waals surface area (Å²) in [6.45, 7) is 0. The molecule has 0 saturated carbocycles. The standard InChI is InChI=1S/C16H13BrN2O3S/c17-11-5-7-12(8-6-11)19-16(20)10-23(21,22)15-9-18-14-4-2-1-3-13(14)15/h1-9,18H,10H2,(H,19,20). The number of para-hydroxylation sites is 1. The zero-order valence-electron chi connectivity index (χ0n) is 11.9. The van der Waals surface area contributed by atoms with Crippen LogP contribution in [-0.2, 0) is 14.6 Å². The lowest BCUT2D eigenvalue weighted by molar-refractivity contribution is -0.113. The third-order valence-corrected chi connectivity index (χ3v) is 5.51. The molecular formula is C16H13BrN2O3S. The van der Waals surface area contributed by atoms with Gasteiger partial charge >= 0.3 is 0 Å². The molecule has 0 unspecified atom stereocenters. The number of sulfone groups is 1. The van der Waals surface area contributed by atoms with Crippen molar-refractivity contribution in [2.75, 3.05) is 11.1 Å². The van der Waals surface area contributed by atoms with Crippen LogP contribution in [0.2, 0.25) is 0 Å². The Kier molecular flexibility index (Phi) is 4.23. The normalized spacial score (nSPS) is 11.5. The number of nitrogens with one attached hydrogen (secondary N) is 2. The summed E-state index contributed by atoms with van der Waals surface area (Å²) in [5.41, 5.74) is 1.27. The highest BCUT2D eigenvalue weighted by atomic mass is 79.9. The Bertz CT molecular complexity index is 962. The number of aromatic amines is 1. The number of H-pyrrole nitrogens is 1. The van der Waals surface area contributed by atoms with E-state index in [0.717, 1.165) is 9.99 Å². The largest absolute Gasteiger partial charge is 0.360 e. The SMILES string of the molecule is O=C(CS(=O)(=O)c1c[nH]c2ccccc12)Nc1ccc(Br)cc1. The van der Waals surface area contributed by atoms with Crippen molar-refractivity contribution >= 4 is 48.3 Å². The van der Waals surface area contributed by atoms with Gasteiger partial charge in [0.2, 0.25) is 5.91 Å². The van der Waals surface area contributed by atoms with Crippen molar-refractivity contribution in [3.8, 4) is 0 Å². The van der Waals surface area contributed by atoms with Crippen molar-refractivity contribution in [2.45, 2.75) is 4.90 Å². The van der Waals surface area contributed by atoms with Gasteiger partial charge in [0.05, 0.1) is 4.90 Å². The Morgan fingerprint density at radius 2 is 1.78 bits per heavy atom. The molecule has 0 bridgehead atoms. The fraction of sp³-hybridized carbons (Fsp3) is 0.0625. The molecule has 7 heteroatoms. The Hall–Kier alpha value is -2.12. The average molecular weight is 393 g/mol. The topological polar surface area (TPSA) is 79.0 Å². The highest BCUT2D eigenvalue weighted by Crippen LogP contribution is 2.23. The molecule has 3 rings (SSSR count). The van der Waals surface area contributed by atoms with E-state index in [1.54, 1.807) is 42.5 Å². The minimum atomic E-state index is -3.72. The molecule has 1 heterocycles. The van der Waals surface area contributed by atoms with Crippen molar-refractivity contribution in [2.24, 2.45) is 0 Å². The zero-order valence-corrected chi connectivity index (χ0v) is 14.3. The van der Waals surface area contributed by atoms with Crippen LogP contribution in [0, 0.1) is 0 Å². The molecule has 23 heavy (non-hydrogen) atoms. The summed E-state index contributed by atoms with van der Waals surface area (Å²) >= 11 is 3.30. The lowest BCUT2D eigenvalue weighted by Crippen LogP contribution is -2.22. The quantitative estimate of drug-likeness (QED) is 0.714. The number of halogens is 1. The van der Waals surface area contributed by atoms with Crippen LogP contribution in [0.25, 0.3) is 10.9 Å². The molecule has 0 aliphatic heterocycles. The third kappa shape index (κ3) is 3.46. The molecule has 0 aliphatic rings. The molecule has 118 valence electrons. The van der Waals surface area contributed by atoms with Gasteiger partial charge in [-0.2, -0.15) is 0 Å². The van der Waals surface area contributed by atoms with E-state index < -0.39 is 21.5 Å². The Morgan fingerprint density at radius 1 is 1.09 bits per heavy atom. The van der Waals surface area contributed by atoms with Gasteiger partial charge in [-0.25, -0.2) is 8.42 Å². The van der Waals surface area contributed by atoms with Crippen LogP contribution in [-0.4, -0.2) is 25.1 Å². The van der Waals surface area contributed by atoms with E-state index in [4.69, 9.17) is 0 Å². The van der Waals surface area contributed by atoms with Crippen LogP contribution in [0.1, 0.15) is 0 Å². The van der Waals surface area contributed by atoms with E-state index in [0.29, 0.717) is 11.1 Å². The van der Waals surface area contributed by atoms with Crippen molar-refractivity contribution < 1.29 is 13.2 Å². The maximum Gasteiger partial charge on any atom is 0.239 e. The molecule has 0 aliphatic carbocycles. The van der Waals surface area contributed by atoms with Gasteiger partial charge in [-0.15, -0.1) is 0 Å². The van der Waals surface area contributed by atoms with E-state index >= 15 is 0 Å². The Labute approximate surface area is 141 Å². The molecule has 3 aromatic rings. The van der Waals surface area contributed by atoms with Crippen molar-refractivity contribution in [1.82, 2.24) is 4.98 Å². The number of anilines is 1. The maximum atomic E-state index is 12.5. The van der Waals surface area contributed by atoms with E-state index in [1.807, 2.05) is 6.07 Å². The molecule has 0 radical (unpaired) electrons. The number of carbonyl (C=O) groups excluding carboxylic acids is 1. The molecule has 0 spiro atoms. The van der Waals surface area contributed by atoms with E-state index in [-0.39, 0.29) is 4.90 Å². The van der Waals surface area contributed by atoms with Crippen LogP contribution in [0.3, 0.4) is 0 Å². The van der Waals surface area contributed by atoms with Gasteiger partial charge in [-0.3, -0.25) is 4.79 Å². The molecule has 1 amide bonds. The fourth-order valence-corrected chi connectivity index (χ4v) is 3.87. The molecule has 0 saturated heterocycles. The lowest BCUT2D eigenvalue weighted by atomic mass is 10.2. The second kappa shape index (κ2) is 6.17. The summed E-state index contributed by atoms with van der Waals surface area (Å²) in [5.74, 6) is -1.18. The van der Waals surface area contributed by atoms with Gasteiger partial charge in [0.25, 0.3) is 0 Å². The Morgan fingerprint density at radius 3 is 2.52 bits per heavy atom. The molecule has 0 fully saturated rings. The van der Waals surface area contributed by atoms with Crippen LogP contribution in [0.4, 0.5) is 5.69 Å². The van der Waals surface area contributed by atoms with E-state index in [9.17, 15) is 13.2 Å². The highest BCUT2D eigenvalue weighted by Gasteiger charge is 2.22. The van der Waals surface area contributed by atoms with Gasteiger partial charge in [0.1, 0.15) is 5.75 Å². The number of rotatable bonds is 4. The van der Waals surface area contributed by atoms with Gasteiger partial charge < -0.3 is 10.3 Å². The maximum absolute atomic E-state index is 12.5. The number of aromatic nitrogens is 1. The predicted molar refractivity (Wildman–Crippen MR) is 93.1 cm³/mol. The van der Waals surface area contributed by atoms with E-state index in [2.05, 4.69) is 26.2 Å². The summed E-state index contributed by atoms with van der Waals surface area (Å²) in [6.07, 6.45) is 1.42. The summed E-state index contributed by atoms with van der Waals surface area (Å²) in [4.78, 5) is 15.1. The van der Waals surface area contributed by atoms with Crippen molar-refractivity contribution in [3.63, 3.8) is 0 Å². The summed E-state index contributed by atoms with van der Waals surface area (Å²) in [6, 6.07) is 14.0. The first-order chi connectivity index (χ1) is 11.0. The fourth-order valence-electron chi connectivity index (χ4n) is 2.28. The number of carbonyl (C=O) groups is 1. The van der Waals surface area contributed by atoms with Crippen LogP contribution in [0.5, 0.6) is 0 Å². The van der Waals surface area contributed by atoms with Gasteiger partial charge in [0.15, 0.2) is 9.84 Å². The highest BCUT2D eigenvalue weighted by molar-refractivity contribution is 9.10. The minimum absolute atomic E-state index is 0.138. The lowest BCUT2D eigenvalue weighted by Gasteiger charge is -2.06. The molecule has 2 N–H and O–H groups in total. The van der Waals surface area contributed by atoms with Crippen LogP contribution >= 0.6 is 15.9 Å². The second-order valence-electron chi connectivity index (χ2n) is 5.01. The number of hydrogen-bond donors (Lipinski definition) is 2. The number of benzene rings is 2. The monoisotopic (exact) mass is 392 g/mol. The van der Waals surface area contributed by atoms with E-state index in [1.165, 1.54) is 6.20 Å². The third-order valence-electron chi connectivity index (χ3n) is 3.34. The van der Waals surface area contributed by atoms with Gasteiger partial charge in [-0.1, -0.05) is 34.1 Å². The number of hydrogen-bond acceptors (Lipinski definition) is 3. The average Bonchev–Trinajstić information content (AvgIpc) is 2.94. The first kappa shape index (κ1) is 15.8. The van der Waals surface area contributed by atoms with Crippen molar-refractivity contribution in [3.05, 3.63) is 59.2 Å². The molecule has 5 nitrogen and oxygen atoms in total. The molecule has 1 aromatic heterocycles. The minimum Gasteiger partial charge on any atom is -0.360 e. The van der Waals surface area contributed by atoms with Crippen molar-refractivity contribution in [1.29, 1.82) is 0 Å². The first-order valence-electron chi connectivity index (χ1n) is 6.80. The summed E-state index contributed by atoms with van der Waals surface area (Å²) in [7, 11) is -3.72.